The van der Waals surface area contributed by atoms with Gasteiger partial charge in [-0.3, -0.25) is 13.8 Å². The first kappa shape index (κ1) is 22.2. The van der Waals surface area contributed by atoms with E-state index in [0.717, 1.165) is 36.1 Å². The molecule has 0 saturated carbocycles. The zero-order valence-electron chi connectivity index (χ0n) is 17.1. The molecule has 160 valence electrons. The maximum atomic E-state index is 12.4. The van der Waals surface area contributed by atoms with Crippen LogP contribution in [0.25, 0.3) is 0 Å². The van der Waals surface area contributed by atoms with E-state index in [0.29, 0.717) is 28.8 Å². The summed E-state index contributed by atoms with van der Waals surface area (Å²) in [6.07, 6.45) is 5.06. The summed E-state index contributed by atoms with van der Waals surface area (Å²) in [5.74, 6) is 0.241. The smallest absolute Gasteiger partial charge is 0.237 e. The second-order valence-corrected chi connectivity index (χ2v) is 10.0. The zero-order chi connectivity index (χ0) is 21.7. The zero-order valence-corrected chi connectivity index (χ0v) is 18.7. The Morgan fingerprint density at radius 3 is 3.00 bits per heavy atom. The van der Waals surface area contributed by atoms with Crippen LogP contribution in [0.4, 0.5) is 5.00 Å². The predicted molar refractivity (Wildman–Crippen MR) is 118 cm³/mol. The first-order valence-corrected chi connectivity index (χ1v) is 12.3. The molecular formula is C21H25N3O4S2. The molecule has 0 spiro atoms. The molecule has 9 heteroatoms. The highest BCUT2D eigenvalue weighted by Crippen LogP contribution is 2.39. The van der Waals surface area contributed by atoms with Gasteiger partial charge in [-0.2, -0.15) is 5.26 Å². The number of carbonyl (C=O) groups is 1. The summed E-state index contributed by atoms with van der Waals surface area (Å²) in [6, 6.07) is 3.56. The molecule has 0 fully saturated rings. The van der Waals surface area contributed by atoms with Gasteiger partial charge in [0.15, 0.2) is 5.75 Å². The molecule has 2 heterocycles. The van der Waals surface area contributed by atoms with Gasteiger partial charge in [0.25, 0.3) is 0 Å². The number of anilines is 1. The van der Waals surface area contributed by atoms with Crippen molar-refractivity contribution in [2.24, 2.45) is 5.92 Å². The Hall–Kier alpha value is -2.44. The van der Waals surface area contributed by atoms with Crippen LogP contribution in [0.15, 0.2) is 17.1 Å². The predicted octanol–water partition coefficient (Wildman–Crippen LogP) is 3.11. The van der Waals surface area contributed by atoms with Gasteiger partial charge in [-0.05, 0) is 37.2 Å². The van der Waals surface area contributed by atoms with Gasteiger partial charge in [0.05, 0.1) is 17.9 Å². The quantitative estimate of drug-likeness (QED) is 0.646. The van der Waals surface area contributed by atoms with Gasteiger partial charge in [0.1, 0.15) is 16.8 Å². The molecule has 0 saturated heterocycles. The number of carbonyl (C=O) groups excluding carboxylic acids is 1. The lowest BCUT2D eigenvalue weighted by Gasteiger charge is -2.17. The molecule has 0 radical (unpaired) electrons. The molecule has 1 aliphatic rings. The number of fused-ring (bicyclic) bond motifs is 1. The van der Waals surface area contributed by atoms with E-state index >= 15 is 0 Å². The topological polar surface area (TPSA) is 112 Å². The summed E-state index contributed by atoms with van der Waals surface area (Å²) in [4.78, 5) is 28.5. The van der Waals surface area contributed by atoms with E-state index in [1.165, 1.54) is 23.6 Å². The molecular weight excluding hydrogens is 422 g/mol. The SMILES string of the molecule is CCCOc1c[nH]c(CS(=O)CC(=O)Nc2sc3c(c2C#N)CCC(C)C3)cc1=O. The second-order valence-electron chi connectivity index (χ2n) is 7.48. The lowest BCUT2D eigenvalue weighted by Crippen LogP contribution is -2.21. The summed E-state index contributed by atoms with van der Waals surface area (Å²) in [6.45, 7) is 4.58. The Morgan fingerprint density at radius 2 is 2.30 bits per heavy atom. The highest BCUT2D eigenvalue weighted by atomic mass is 32.2. The molecule has 0 aromatic carbocycles. The van der Waals surface area contributed by atoms with Crippen LogP contribution in [0.3, 0.4) is 0 Å². The Balaban J connectivity index is 1.60. The van der Waals surface area contributed by atoms with Crippen molar-refractivity contribution in [2.75, 3.05) is 17.7 Å². The van der Waals surface area contributed by atoms with Crippen molar-refractivity contribution in [3.63, 3.8) is 0 Å². The first-order chi connectivity index (χ1) is 14.4. The number of amides is 1. The average molecular weight is 448 g/mol. The minimum Gasteiger partial charge on any atom is -0.488 e. The van der Waals surface area contributed by atoms with Crippen LogP contribution >= 0.6 is 11.3 Å². The van der Waals surface area contributed by atoms with E-state index in [1.807, 2.05) is 6.92 Å². The molecule has 2 N–H and O–H groups in total. The van der Waals surface area contributed by atoms with Gasteiger partial charge in [-0.1, -0.05) is 13.8 Å². The summed E-state index contributed by atoms with van der Waals surface area (Å²) >= 11 is 1.44. The number of pyridine rings is 1. The molecule has 0 aliphatic heterocycles. The number of nitriles is 1. The fourth-order valence-electron chi connectivity index (χ4n) is 3.40. The largest absolute Gasteiger partial charge is 0.488 e. The maximum absolute atomic E-state index is 12.4. The van der Waals surface area contributed by atoms with Crippen molar-refractivity contribution in [3.05, 3.63) is 44.2 Å². The van der Waals surface area contributed by atoms with Crippen molar-refractivity contribution in [3.8, 4) is 11.8 Å². The van der Waals surface area contributed by atoms with Gasteiger partial charge in [-0.15, -0.1) is 11.3 Å². The number of nitrogens with one attached hydrogen (secondary N) is 2. The lowest BCUT2D eigenvalue weighted by atomic mass is 9.89. The van der Waals surface area contributed by atoms with E-state index < -0.39 is 16.7 Å². The Morgan fingerprint density at radius 1 is 1.50 bits per heavy atom. The van der Waals surface area contributed by atoms with Crippen LogP contribution in [0.1, 0.15) is 48.4 Å². The third-order valence-corrected chi connectivity index (χ3v) is 7.27. The van der Waals surface area contributed by atoms with Crippen LogP contribution in [-0.4, -0.2) is 27.5 Å². The van der Waals surface area contributed by atoms with Gasteiger partial charge in [0.2, 0.25) is 11.3 Å². The van der Waals surface area contributed by atoms with Gasteiger partial charge >= 0.3 is 0 Å². The van der Waals surface area contributed by atoms with Crippen LogP contribution in [0.2, 0.25) is 0 Å². The number of thiophene rings is 1. The second kappa shape index (κ2) is 10.0. The molecule has 2 aromatic heterocycles. The molecule has 7 nitrogen and oxygen atoms in total. The molecule has 1 aliphatic carbocycles. The average Bonchev–Trinajstić information content (AvgIpc) is 3.02. The van der Waals surface area contributed by atoms with Crippen molar-refractivity contribution in [2.45, 2.75) is 45.3 Å². The maximum Gasteiger partial charge on any atom is 0.237 e. The van der Waals surface area contributed by atoms with Crippen LogP contribution in [0, 0.1) is 17.2 Å². The number of ether oxygens (including phenoxy) is 1. The van der Waals surface area contributed by atoms with E-state index in [2.05, 4.69) is 23.3 Å². The van der Waals surface area contributed by atoms with E-state index in [9.17, 15) is 19.1 Å². The van der Waals surface area contributed by atoms with E-state index in [4.69, 9.17) is 4.74 Å². The molecule has 2 atom stereocenters. The Kier molecular flexibility index (Phi) is 7.45. The molecule has 2 aromatic rings. The van der Waals surface area contributed by atoms with E-state index in [-0.39, 0.29) is 22.7 Å². The van der Waals surface area contributed by atoms with Gasteiger partial charge in [0, 0.05) is 33.6 Å². The number of rotatable bonds is 8. The fourth-order valence-corrected chi connectivity index (χ4v) is 5.76. The van der Waals surface area contributed by atoms with Gasteiger partial charge < -0.3 is 15.0 Å². The van der Waals surface area contributed by atoms with Crippen molar-refractivity contribution in [1.82, 2.24) is 4.98 Å². The summed E-state index contributed by atoms with van der Waals surface area (Å²) in [5, 5.41) is 12.8. The third-order valence-electron chi connectivity index (χ3n) is 4.88. The standard InChI is InChI=1S/C21H25N3O4S2/c1-3-6-28-18-10-23-14(8-17(18)25)11-30(27)12-20(26)24-21-16(9-22)15-5-4-13(2)7-19(15)29-21/h8,10,13H,3-7,11-12H2,1-2H3,(H,23,25)(H,24,26). The number of nitrogens with zero attached hydrogens (tertiary/aromatic N) is 1. The normalized spacial score (nSPS) is 16.4. The number of aromatic amines is 1. The van der Waals surface area contributed by atoms with Crippen molar-refractivity contribution in [1.29, 1.82) is 5.26 Å². The highest BCUT2D eigenvalue weighted by molar-refractivity contribution is 7.84. The van der Waals surface area contributed by atoms with Gasteiger partial charge in [-0.25, -0.2) is 0 Å². The number of hydrogen-bond donors (Lipinski definition) is 2. The summed E-state index contributed by atoms with van der Waals surface area (Å²) in [7, 11) is -1.50. The minimum absolute atomic E-state index is 0.0558. The Labute approximate surface area is 181 Å². The third kappa shape index (κ3) is 5.37. The minimum atomic E-state index is -1.50. The molecule has 0 bridgehead atoms. The summed E-state index contributed by atoms with van der Waals surface area (Å²) < 4.78 is 17.7. The van der Waals surface area contributed by atoms with Crippen molar-refractivity contribution >= 4 is 33.0 Å². The van der Waals surface area contributed by atoms with Crippen LogP contribution < -0.4 is 15.5 Å². The molecule has 1 amide bonds. The van der Waals surface area contributed by atoms with Crippen molar-refractivity contribution < 1.29 is 13.7 Å². The molecule has 30 heavy (non-hydrogen) atoms. The lowest BCUT2D eigenvalue weighted by molar-refractivity contribution is -0.113. The van der Waals surface area contributed by atoms with E-state index in [1.54, 1.807) is 0 Å². The first-order valence-electron chi connectivity index (χ1n) is 9.95. The van der Waals surface area contributed by atoms with Crippen LogP contribution in [0.5, 0.6) is 5.75 Å². The monoisotopic (exact) mass is 447 g/mol. The fraction of sp³-hybridized carbons (Fsp3) is 0.476. The molecule has 2 unspecified atom stereocenters. The highest BCUT2D eigenvalue weighted by Gasteiger charge is 2.25. The number of aromatic nitrogens is 1. The number of hydrogen-bond acceptors (Lipinski definition) is 6. The van der Waals surface area contributed by atoms with Crippen LogP contribution in [-0.2, 0) is 34.2 Å². The number of H-pyrrole nitrogens is 1. The molecule has 3 rings (SSSR count). The Bertz CT molecular complexity index is 1050. The summed E-state index contributed by atoms with van der Waals surface area (Å²) in [5.41, 5.74) is 1.77.